The summed E-state index contributed by atoms with van der Waals surface area (Å²) in [7, 11) is -3.39. The highest BCUT2D eigenvalue weighted by atomic mass is 32.2. The van der Waals surface area contributed by atoms with Gasteiger partial charge in [0.05, 0.1) is 16.7 Å². The third kappa shape index (κ3) is 4.08. The summed E-state index contributed by atoms with van der Waals surface area (Å²) in [4.78, 5) is 12.4. The van der Waals surface area contributed by atoms with E-state index in [1.54, 1.807) is 30.3 Å². The van der Waals surface area contributed by atoms with Crippen LogP contribution in [-0.2, 0) is 14.6 Å². The first-order valence-electron chi connectivity index (χ1n) is 7.47. The molecule has 1 aromatic carbocycles. The smallest absolute Gasteiger partial charge is 0.224 e. The first kappa shape index (κ1) is 16.5. The van der Waals surface area contributed by atoms with Crippen LogP contribution in [0.25, 0.3) is 0 Å². The maximum absolute atomic E-state index is 12.5. The highest BCUT2D eigenvalue weighted by molar-refractivity contribution is 7.91. The van der Waals surface area contributed by atoms with Crippen LogP contribution in [0.1, 0.15) is 25.7 Å². The Bertz CT molecular complexity index is 650. The number of nitriles is 1. The van der Waals surface area contributed by atoms with Crippen molar-refractivity contribution in [3.8, 4) is 6.07 Å². The number of benzene rings is 1. The molecular formula is C16H20N2O3S. The Balaban J connectivity index is 2.12. The van der Waals surface area contributed by atoms with Crippen LogP contribution in [0.15, 0.2) is 35.2 Å². The lowest BCUT2D eigenvalue weighted by atomic mass is 9.80. The zero-order chi connectivity index (χ0) is 16.0. The van der Waals surface area contributed by atoms with E-state index >= 15 is 0 Å². The van der Waals surface area contributed by atoms with Crippen molar-refractivity contribution in [3.05, 3.63) is 30.3 Å². The summed E-state index contributed by atoms with van der Waals surface area (Å²) < 4.78 is 25.0. The average molecular weight is 320 g/mol. The minimum atomic E-state index is -3.39. The van der Waals surface area contributed by atoms with Gasteiger partial charge in [0.15, 0.2) is 9.84 Å². The molecule has 2 rings (SSSR count). The van der Waals surface area contributed by atoms with Crippen molar-refractivity contribution in [2.45, 2.75) is 30.6 Å². The molecular weight excluding hydrogens is 300 g/mol. The lowest BCUT2D eigenvalue weighted by Gasteiger charge is -2.30. The van der Waals surface area contributed by atoms with Crippen molar-refractivity contribution >= 4 is 15.7 Å². The lowest BCUT2D eigenvalue weighted by Crippen LogP contribution is -2.39. The van der Waals surface area contributed by atoms with Crippen molar-refractivity contribution in [3.63, 3.8) is 0 Å². The van der Waals surface area contributed by atoms with E-state index in [0.717, 1.165) is 19.3 Å². The van der Waals surface area contributed by atoms with E-state index in [-0.39, 0.29) is 30.0 Å². The molecule has 6 heteroatoms. The quantitative estimate of drug-likeness (QED) is 0.840. The van der Waals surface area contributed by atoms with E-state index in [2.05, 4.69) is 5.32 Å². The zero-order valence-corrected chi connectivity index (χ0v) is 13.2. The number of nitrogens with zero attached hydrogens (tertiary/aromatic N) is 1. The Morgan fingerprint density at radius 1 is 1.23 bits per heavy atom. The monoisotopic (exact) mass is 320 g/mol. The van der Waals surface area contributed by atoms with Gasteiger partial charge in [-0.05, 0) is 30.9 Å². The number of hydrogen-bond donors (Lipinski definition) is 1. The topological polar surface area (TPSA) is 87.0 Å². The molecule has 2 unspecified atom stereocenters. The average Bonchev–Trinajstić information content (AvgIpc) is 2.53. The van der Waals surface area contributed by atoms with Crippen molar-refractivity contribution in [1.82, 2.24) is 5.32 Å². The van der Waals surface area contributed by atoms with Crippen LogP contribution in [0.3, 0.4) is 0 Å². The Kier molecular flexibility index (Phi) is 5.56. The number of carbonyl (C=O) groups is 1. The molecule has 1 aromatic rings. The molecule has 1 saturated carbocycles. The third-order valence-corrected chi connectivity index (χ3v) is 5.98. The summed E-state index contributed by atoms with van der Waals surface area (Å²) >= 11 is 0. The fourth-order valence-electron chi connectivity index (χ4n) is 3.02. The summed E-state index contributed by atoms with van der Waals surface area (Å²) in [6.45, 7) is -0.0342. The SMILES string of the molecule is N#CCNC(=O)C1CCCCC1CS(=O)(=O)c1ccccc1. The van der Waals surface area contributed by atoms with Crippen LogP contribution in [0.5, 0.6) is 0 Å². The molecule has 0 aromatic heterocycles. The Morgan fingerprint density at radius 3 is 2.59 bits per heavy atom. The summed E-state index contributed by atoms with van der Waals surface area (Å²) in [6, 6.07) is 10.2. The predicted octanol–water partition coefficient (Wildman–Crippen LogP) is 1.91. The minimum absolute atomic E-state index is 0.0122. The fourth-order valence-corrected chi connectivity index (χ4v) is 4.74. The third-order valence-electron chi connectivity index (χ3n) is 4.12. The van der Waals surface area contributed by atoms with Crippen LogP contribution < -0.4 is 5.32 Å². The van der Waals surface area contributed by atoms with Crippen molar-refractivity contribution in [2.24, 2.45) is 11.8 Å². The van der Waals surface area contributed by atoms with Gasteiger partial charge >= 0.3 is 0 Å². The molecule has 0 spiro atoms. The largest absolute Gasteiger partial charge is 0.343 e. The number of nitrogens with one attached hydrogen (secondary N) is 1. The van der Waals surface area contributed by atoms with E-state index in [9.17, 15) is 13.2 Å². The molecule has 1 aliphatic rings. The van der Waals surface area contributed by atoms with Gasteiger partial charge in [-0.2, -0.15) is 5.26 Å². The lowest BCUT2D eigenvalue weighted by molar-refractivity contribution is -0.127. The molecule has 118 valence electrons. The maximum Gasteiger partial charge on any atom is 0.224 e. The molecule has 22 heavy (non-hydrogen) atoms. The van der Waals surface area contributed by atoms with Gasteiger partial charge in [0.1, 0.15) is 6.54 Å². The van der Waals surface area contributed by atoms with Crippen molar-refractivity contribution in [1.29, 1.82) is 5.26 Å². The Hall–Kier alpha value is -1.87. The molecule has 1 fully saturated rings. The van der Waals surface area contributed by atoms with Gasteiger partial charge in [0, 0.05) is 5.92 Å². The van der Waals surface area contributed by atoms with Crippen LogP contribution in [0.2, 0.25) is 0 Å². The number of hydrogen-bond acceptors (Lipinski definition) is 4. The van der Waals surface area contributed by atoms with Gasteiger partial charge in [0.25, 0.3) is 0 Å². The zero-order valence-electron chi connectivity index (χ0n) is 12.4. The fraction of sp³-hybridized carbons (Fsp3) is 0.500. The number of carbonyl (C=O) groups excluding carboxylic acids is 1. The van der Waals surface area contributed by atoms with Crippen LogP contribution >= 0.6 is 0 Å². The normalized spacial score (nSPS) is 21.8. The minimum Gasteiger partial charge on any atom is -0.343 e. The van der Waals surface area contributed by atoms with Crippen LogP contribution in [-0.4, -0.2) is 26.6 Å². The molecule has 0 heterocycles. The maximum atomic E-state index is 12.5. The van der Waals surface area contributed by atoms with E-state index in [1.807, 2.05) is 6.07 Å². The van der Waals surface area contributed by atoms with E-state index in [4.69, 9.17) is 5.26 Å². The molecule has 1 amide bonds. The summed E-state index contributed by atoms with van der Waals surface area (Å²) in [5, 5.41) is 11.1. The molecule has 0 radical (unpaired) electrons. The van der Waals surface area contributed by atoms with E-state index in [0.29, 0.717) is 11.3 Å². The van der Waals surface area contributed by atoms with E-state index in [1.165, 1.54) is 0 Å². The second-order valence-electron chi connectivity index (χ2n) is 5.62. The number of amides is 1. The number of rotatable bonds is 5. The highest BCUT2D eigenvalue weighted by Gasteiger charge is 2.34. The Morgan fingerprint density at radius 2 is 1.91 bits per heavy atom. The summed E-state index contributed by atoms with van der Waals surface area (Å²) in [5.74, 6) is -0.713. The first-order valence-corrected chi connectivity index (χ1v) is 9.12. The van der Waals surface area contributed by atoms with Crippen molar-refractivity contribution < 1.29 is 13.2 Å². The molecule has 5 nitrogen and oxygen atoms in total. The molecule has 0 saturated heterocycles. The Labute approximate surface area is 131 Å². The first-order chi connectivity index (χ1) is 10.5. The standard InChI is InChI=1S/C16H20N2O3S/c17-10-11-18-16(19)15-9-5-4-6-13(15)12-22(20,21)14-7-2-1-3-8-14/h1-3,7-8,13,15H,4-6,9,11-12H2,(H,18,19). The van der Waals surface area contributed by atoms with Crippen molar-refractivity contribution in [2.75, 3.05) is 12.3 Å². The van der Waals surface area contributed by atoms with Gasteiger partial charge < -0.3 is 5.32 Å². The second-order valence-corrected chi connectivity index (χ2v) is 7.66. The molecule has 2 atom stereocenters. The van der Waals surface area contributed by atoms with Gasteiger partial charge in [-0.1, -0.05) is 31.0 Å². The summed E-state index contributed by atoms with van der Waals surface area (Å²) in [5.41, 5.74) is 0. The van der Waals surface area contributed by atoms with Crippen LogP contribution in [0.4, 0.5) is 0 Å². The molecule has 1 N–H and O–H groups in total. The second kappa shape index (κ2) is 7.41. The van der Waals surface area contributed by atoms with Gasteiger partial charge in [0.2, 0.25) is 5.91 Å². The predicted molar refractivity (Wildman–Crippen MR) is 82.6 cm³/mol. The van der Waals surface area contributed by atoms with Gasteiger partial charge in [-0.3, -0.25) is 4.79 Å². The molecule has 0 bridgehead atoms. The van der Waals surface area contributed by atoms with E-state index < -0.39 is 9.84 Å². The molecule has 0 aliphatic heterocycles. The number of sulfone groups is 1. The van der Waals surface area contributed by atoms with Gasteiger partial charge in [-0.15, -0.1) is 0 Å². The van der Waals surface area contributed by atoms with Crippen LogP contribution in [0, 0.1) is 23.2 Å². The van der Waals surface area contributed by atoms with Gasteiger partial charge in [-0.25, -0.2) is 8.42 Å². The summed E-state index contributed by atoms with van der Waals surface area (Å²) in [6.07, 6.45) is 3.28. The molecule has 1 aliphatic carbocycles. The highest BCUT2D eigenvalue weighted by Crippen LogP contribution is 2.32.